The molecule has 1 aliphatic rings. The van der Waals surface area contributed by atoms with Crippen molar-refractivity contribution in [2.45, 2.75) is 6.42 Å². The van der Waals surface area contributed by atoms with Gasteiger partial charge in [0.25, 0.3) is 5.91 Å². The van der Waals surface area contributed by atoms with E-state index in [0.29, 0.717) is 11.4 Å². The molecule has 0 aromatic carbocycles. The number of hydrogen-bond donors (Lipinski definition) is 2. The Labute approximate surface area is 92.4 Å². The van der Waals surface area contributed by atoms with Crippen LogP contribution in [0, 0.1) is 0 Å². The van der Waals surface area contributed by atoms with Crippen molar-refractivity contribution < 1.29 is 4.79 Å². The van der Waals surface area contributed by atoms with Gasteiger partial charge >= 0.3 is 0 Å². The molecule has 0 aliphatic carbocycles. The molecule has 1 aromatic heterocycles. The highest BCUT2D eigenvalue weighted by Gasteiger charge is 2.20. The third-order valence-corrected chi connectivity index (χ3v) is 3.46. The molecule has 0 atom stereocenters. The molecule has 5 nitrogen and oxygen atoms in total. The van der Waals surface area contributed by atoms with E-state index in [9.17, 15) is 4.79 Å². The summed E-state index contributed by atoms with van der Waals surface area (Å²) < 4.78 is 0. The number of hydrogen-bond acceptors (Lipinski definition) is 4. The van der Waals surface area contributed by atoms with E-state index in [0.717, 1.165) is 31.0 Å². The van der Waals surface area contributed by atoms with Gasteiger partial charge in [-0.25, -0.2) is 0 Å². The average molecular weight is 226 g/mol. The van der Waals surface area contributed by atoms with Crippen molar-refractivity contribution in [1.29, 1.82) is 0 Å². The minimum atomic E-state index is -0.0104. The predicted molar refractivity (Wildman–Crippen MR) is 60.8 cm³/mol. The molecule has 1 aliphatic heterocycles. The smallest absolute Gasteiger partial charge is 0.259 e. The van der Waals surface area contributed by atoms with Crippen molar-refractivity contribution in [1.82, 2.24) is 15.1 Å². The Kier molecular flexibility index (Phi) is 3.15. The first-order chi connectivity index (χ1) is 7.29. The molecule has 0 bridgehead atoms. The maximum atomic E-state index is 12.0. The fourth-order valence-electron chi connectivity index (χ4n) is 1.59. The zero-order valence-corrected chi connectivity index (χ0v) is 9.22. The van der Waals surface area contributed by atoms with Crippen LogP contribution in [0.1, 0.15) is 16.8 Å². The summed E-state index contributed by atoms with van der Waals surface area (Å²) in [6, 6.07) is 0. The van der Waals surface area contributed by atoms with Crippen molar-refractivity contribution in [3.05, 3.63) is 11.8 Å². The van der Waals surface area contributed by atoms with Gasteiger partial charge in [-0.2, -0.15) is 16.9 Å². The second-order valence-corrected chi connectivity index (χ2v) is 4.68. The normalized spacial score (nSPS) is 17.5. The molecular weight excluding hydrogens is 212 g/mol. The molecule has 1 fully saturated rings. The molecule has 82 valence electrons. The molecule has 0 spiro atoms. The Morgan fingerprint density at radius 3 is 3.13 bits per heavy atom. The topological polar surface area (TPSA) is 75.0 Å². The summed E-state index contributed by atoms with van der Waals surface area (Å²) in [5, 5.41) is 6.34. The second-order valence-electron chi connectivity index (χ2n) is 3.46. The lowest BCUT2D eigenvalue weighted by molar-refractivity contribution is 0.0769. The van der Waals surface area contributed by atoms with Gasteiger partial charge in [-0.1, -0.05) is 0 Å². The van der Waals surface area contributed by atoms with Crippen LogP contribution in [0.4, 0.5) is 5.82 Å². The molecule has 2 heterocycles. The Morgan fingerprint density at radius 1 is 1.53 bits per heavy atom. The third kappa shape index (κ3) is 2.26. The average Bonchev–Trinajstić information content (AvgIpc) is 2.53. The van der Waals surface area contributed by atoms with Crippen LogP contribution >= 0.6 is 11.8 Å². The molecule has 0 saturated carbocycles. The first kappa shape index (κ1) is 10.4. The number of nitrogens with zero attached hydrogens (tertiary/aromatic N) is 2. The van der Waals surface area contributed by atoms with E-state index in [4.69, 9.17) is 5.73 Å². The summed E-state index contributed by atoms with van der Waals surface area (Å²) in [6.07, 6.45) is 2.55. The van der Waals surface area contributed by atoms with Crippen molar-refractivity contribution in [3.63, 3.8) is 0 Å². The van der Waals surface area contributed by atoms with Gasteiger partial charge in [0.15, 0.2) is 0 Å². The SMILES string of the molecule is Nc1[nH]ncc1C(=O)N1CCCSCC1. The number of aromatic amines is 1. The van der Waals surface area contributed by atoms with Gasteiger partial charge in [-0.3, -0.25) is 9.89 Å². The lowest BCUT2D eigenvalue weighted by Crippen LogP contribution is -2.33. The number of H-pyrrole nitrogens is 1. The summed E-state index contributed by atoms with van der Waals surface area (Å²) in [7, 11) is 0. The van der Waals surface area contributed by atoms with E-state index >= 15 is 0 Å². The molecule has 1 amide bonds. The maximum absolute atomic E-state index is 12.0. The minimum Gasteiger partial charge on any atom is -0.383 e. The number of amides is 1. The molecule has 1 aromatic rings. The van der Waals surface area contributed by atoms with Gasteiger partial charge in [0.1, 0.15) is 11.4 Å². The lowest BCUT2D eigenvalue weighted by Gasteiger charge is -2.19. The summed E-state index contributed by atoms with van der Waals surface area (Å²) in [4.78, 5) is 13.9. The highest BCUT2D eigenvalue weighted by Crippen LogP contribution is 2.15. The van der Waals surface area contributed by atoms with Gasteiger partial charge in [-0.15, -0.1) is 0 Å². The van der Waals surface area contributed by atoms with Gasteiger partial charge in [0, 0.05) is 18.8 Å². The van der Waals surface area contributed by atoms with E-state index in [1.165, 1.54) is 6.20 Å². The van der Waals surface area contributed by atoms with Crippen LogP contribution in [-0.4, -0.2) is 45.6 Å². The Hall–Kier alpha value is -1.17. The number of aromatic nitrogens is 2. The molecule has 0 radical (unpaired) electrons. The van der Waals surface area contributed by atoms with Crippen LogP contribution in [0.15, 0.2) is 6.20 Å². The number of anilines is 1. The molecule has 15 heavy (non-hydrogen) atoms. The lowest BCUT2D eigenvalue weighted by atomic mass is 10.2. The van der Waals surface area contributed by atoms with Crippen LogP contribution in [0.3, 0.4) is 0 Å². The van der Waals surface area contributed by atoms with Crippen LogP contribution in [-0.2, 0) is 0 Å². The van der Waals surface area contributed by atoms with Crippen molar-refractivity contribution in [3.8, 4) is 0 Å². The first-order valence-corrected chi connectivity index (χ1v) is 6.10. The van der Waals surface area contributed by atoms with Crippen LogP contribution in [0.2, 0.25) is 0 Å². The third-order valence-electron chi connectivity index (χ3n) is 2.41. The number of carbonyl (C=O) groups is 1. The van der Waals surface area contributed by atoms with E-state index in [1.807, 2.05) is 16.7 Å². The number of nitrogen functional groups attached to an aromatic ring is 1. The Balaban J connectivity index is 2.09. The van der Waals surface area contributed by atoms with Gasteiger partial charge in [-0.05, 0) is 12.2 Å². The summed E-state index contributed by atoms with van der Waals surface area (Å²) in [6.45, 7) is 1.62. The zero-order chi connectivity index (χ0) is 10.7. The summed E-state index contributed by atoms with van der Waals surface area (Å²) in [5.41, 5.74) is 6.10. The van der Waals surface area contributed by atoms with E-state index in [1.54, 1.807) is 0 Å². The molecule has 6 heteroatoms. The number of nitrogens with two attached hydrogens (primary N) is 1. The Morgan fingerprint density at radius 2 is 2.40 bits per heavy atom. The maximum Gasteiger partial charge on any atom is 0.259 e. The largest absolute Gasteiger partial charge is 0.383 e. The molecule has 2 rings (SSSR count). The molecule has 1 saturated heterocycles. The van der Waals surface area contributed by atoms with E-state index in [2.05, 4.69) is 10.2 Å². The predicted octanol–water partition coefficient (Wildman–Crippen LogP) is 0.571. The van der Waals surface area contributed by atoms with Gasteiger partial charge < -0.3 is 10.6 Å². The van der Waals surface area contributed by atoms with Crippen LogP contribution < -0.4 is 5.73 Å². The number of thioether (sulfide) groups is 1. The molecular formula is C9H14N4OS. The molecule has 0 unspecified atom stereocenters. The van der Waals surface area contributed by atoms with E-state index < -0.39 is 0 Å². The van der Waals surface area contributed by atoms with Crippen molar-refractivity contribution >= 4 is 23.5 Å². The Bertz CT molecular complexity index is 344. The highest BCUT2D eigenvalue weighted by atomic mass is 32.2. The standard InChI is InChI=1S/C9H14N4OS/c10-8-7(6-11-12-8)9(14)13-2-1-4-15-5-3-13/h6H,1-5H2,(H3,10,11,12). The fraction of sp³-hybridized carbons (Fsp3) is 0.556. The number of carbonyl (C=O) groups excluding carboxylic acids is 1. The summed E-state index contributed by atoms with van der Waals surface area (Å²) >= 11 is 1.89. The van der Waals surface area contributed by atoms with Gasteiger partial charge in [0.05, 0.1) is 6.20 Å². The van der Waals surface area contributed by atoms with Crippen LogP contribution in [0.5, 0.6) is 0 Å². The van der Waals surface area contributed by atoms with Crippen LogP contribution in [0.25, 0.3) is 0 Å². The van der Waals surface area contributed by atoms with Crippen molar-refractivity contribution in [2.75, 3.05) is 30.3 Å². The number of nitrogens with one attached hydrogen (secondary N) is 1. The minimum absolute atomic E-state index is 0.0104. The second kappa shape index (κ2) is 4.57. The zero-order valence-electron chi connectivity index (χ0n) is 8.40. The fourth-order valence-corrected chi connectivity index (χ4v) is 2.47. The van der Waals surface area contributed by atoms with Crippen molar-refractivity contribution in [2.24, 2.45) is 0 Å². The highest BCUT2D eigenvalue weighted by molar-refractivity contribution is 7.99. The van der Waals surface area contributed by atoms with Gasteiger partial charge in [0.2, 0.25) is 0 Å². The summed E-state index contributed by atoms with van der Waals surface area (Å²) in [5.74, 6) is 2.48. The first-order valence-electron chi connectivity index (χ1n) is 4.95. The van der Waals surface area contributed by atoms with E-state index in [-0.39, 0.29) is 5.91 Å². The monoisotopic (exact) mass is 226 g/mol. The quantitative estimate of drug-likeness (QED) is 0.734. The molecule has 3 N–H and O–H groups in total. The number of rotatable bonds is 1.